The van der Waals surface area contributed by atoms with Crippen molar-refractivity contribution in [1.82, 2.24) is 10.2 Å². The minimum Gasteiger partial charge on any atom is -0.748 e. The van der Waals surface area contributed by atoms with Gasteiger partial charge in [-0.05, 0) is 207 Å². The molecular formula is C57H103IN3Na3O18S3. The summed E-state index contributed by atoms with van der Waals surface area (Å²) in [6.07, 6.45) is 11.6. The Labute approximate surface area is 589 Å². The molecule has 8 fully saturated rings. The van der Waals surface area contributed by atoms with Crippen LogP contribution in [0.3, 0.4) is 0 Å². The third-order valence-electron chi connectivity index (χ3n) is 22.7. The summed E-state index contributed by atoms with van der Waals surface area (Å²) in [4.78, 5) is 26.9. The van der Waals surface area contributed by atoms with E-state index < -0.39 is 66.1 Å². The molecule has 0 aromatic carbocycles. The molecule has 0 saturated heterocycles. The molecular weight excluding hydrogens is 1300 g/mol. The van der Waals surface area contributed by atoms with Gasteiger partial charge in [0.15, 0.2) is 0 Å². The number of hydrogen-bond acceptors (Lipinski definition) is 19. The number of fused-ring (bicyclic) bond motifs is 10. The molecule has 8 unspecified atom stereocenters. The van der Waals surface area contributed by atoms with Crippen molar-refractivity contribution in [3.8, 4) is 0 Å². The number of carbonyl (C=O) groups is 2. The topological polar surface area (TPSA) is 389 Å². The number of hydrogen-bond donors (Lipinski definition) is 9. The molecule has 0 spiro atoms. The average Bonchev–Trinajstić information content (AvgIpc) is 1.77. The van der Waals surface area contributed by atoms with Crippen LogP contribution >= 0.6 is 22.6 Å². The number of carbonyl (C=O) groups excluding carboxylic acids is 1. The quantitative estimate of drug-likeness (QED) is 0.0303. The molecule has 22 atom stereocenters. The second kappa shape index (κ2) is 35.7. The number of aliphatic hydroxyl groups is 6. The van der Waals surface area contributed by atoms with Crippen LogP contribution in [-0.2, 0) is 39.9 Å². The van der Waals surface area contributed by atoms with Crippen LogP contribution in [0.5, 0.6) is 0 Å². The van der Waals surface area contributed by atoms with Crippen molar-refractivity contribution in [2.24, 2.45) is 98.4 Å². The summed E-state index contributed by atoms with van der Waals surface area (Å²) in [5.41, 5.74) is 4.32. The van der Waals surface area contributed by atoms with Gasteiger partial charge in [-0.1, -0.05) is 64.1 Å². The van der Waals surface area contributed by atoms with Gasteiger partial charge in [-0.15, -0.1) is 0 Å². The van der Waals surface area contributed by atoms with E-state index in [9.17, 15) is 79.1 Å². The maximum atomic E-state index is 12.6. The van der Waals surface area contributed by atoms with Crippen molar-refractivity contribution in [2.75, 3.05) is 55.9 Å². The number of rotatable bonds is 16. The van der Waals surface area contributed by atoms with Gasteiger partial charge in [0, 0.05) is 39.5 Å². The van der Waals surface area contributed by atoms with E-state index in [0.29, 0.717) is 48.9 Å². The first-order chi connectivity index (χ1) is 37.9. The number of alkyl halides is 1. The second-order valence-electron chi connectivity index (χ2n) is 27.0. The fraction of sp³-hybridized carbons (Fsp3) is 0.965. The van der Waals surface area contributed by atoms with Crippen LogP contribution in [0.2, 0.25) is 0 Å². The van der Waals surface area contributed by atoms with Gasteiger partial charge < -0.3 is 65.4 Å². The molecule has 1 amide bonds. The number of carboxylic acids is 1. The fourth-order valence-corrected chi connectivity index (χ4v) is 19.5. The smallest absolute Gasteiger partial charge is 0.748 e. The van der Waals surface area contributed by atoms with E-state index in [1.54, 1.807) is 7.05 Å². The molecule has 0 heterocycles. The van der Waals surface area contributed by atoms with Gasteiger partial charge in [0.2, 0.25) is 5.91 Å². The van der Waals surface area contributed by atoms with Crippen LogP contribution in [0.4, 0.5) is 0 Å². The first-order valence-electron chi connectivity index (χ1n) is 30.0. The number of nitrogens with zero attached hydrogens (tertiary/aromatic N) is 1. The molecule has 10 N–H and O–H groups in total. The predicted molar refractivity (Wildman–Crippen MR) is 317 cm³/mol. The third kappa shape index (κ3) is 21.3. The van der Waals surface area contributed by atoms with E-state index >= 15 is 0 Å². The minimum absolute atomic E-state index is 0. The van der Waals surface area contributed by atoms with Gasteiger partial charge in [0.05, 0.1) is 84.2 Å². The molecule has 8 saturated carbocycles. The van der Waals surface area contributed by atoms with Crippen LogP contribution in [0, 0.1) is 92.7 Å². The summed E-state index contributed by atoms with van der Waals surface area (Å²) >= 11 is 2.15. The Morgan fingerprint density at radius 3 is 1.29 bits per heavy atom. The average molecular weight is 1410 g/mol. The summed E-state index contributed by atoms with van der Waals surface area (Å²) in [7, 11) is -9.29. The molecule has 8 rings (SSSR count). The van der Waals surface area contributed by atoms with E-state index in [0.717, 1.165) is 83.5 Å². The standard InChI is InChI=1S/C27H47NO7S.C24H40O5.C3H9NO3S.C2H7NO3S.CH3I.3Na/c1-16(5-8-24(32)28(4)11-12-36(33,34)35)19-6-7-20-25-21(15-23(31)27(19,20)3)26(2)10-9-18(29)13-17(26)14-22(25)30;1-13(4-7-21(28)29)16-5-6-17-22-18(12-20(27)24(16,17)3)23(2)9-8-15(25)10-14(23)11-19(22)26;1-4-2-3-8(5,6)7;3-1-2-7(4,5)6;1-2;;;/h16-23,25,29-31H,5-15H2,1-4H3,(H,33,34,35);13-20,22,25-27H,4-12H2,1-3H3,(H,28,29);4H,2-3H2,1H3,(H,5,6,7);1-3H2,(H,4,5,6);1H3;;;/q;;;;;3*+1/p-3/t16-,17?,18-,19-,20?,21?,22-,23+,25?,26+,27-;13-,14?,15-,16-,17?,18?,19-,20+,22?,23+,24-;;;;;;/m11....../s1/i4-1;;1-1;;1-1;;;. The molecule has 0 aromatic heterocycles. The summed E-state index contributed by atoms with van der Waals surface area (Å²) in [5, 5.41) is 77.9. The van der Waals surface area contributed by atoms with Gasteiger partial charge in [-0.25, -0.2) is 25.3 Å². The Balaban J connectivity index is 0.000000658. The number of aliphatic carboxylic acids is 1. The molecule has 482 valence electrons. The second-order valence-corrected chi connectivity index (χ2v) is 31.5. The summed E-state index contributed by atoms with van der Waals surface area (Å²) in [5.74, 6) is 0.837. The van der Waals surface area contributed by atoms with Gasteiger partial charge in [0.25, 0.3) is 0 Å². The first-order valence-corrected chi connectivity index (χ1v) is 36.9. The zero-order valence-electron chi connectivity index (χ0n) is 53.1. The monoisotopic (exact) mass is 1410 g/mol. The normalized spacial score (nSPS) is 39.4. The van der Waals surface area contributed by atoms with Crippen molar-refractivity contribution >= 4 is 64.8 Å². The van der Waals surface area contributed by atoms with Crippen LogP contribution in [0.15, 0.2) is 0 Å². The van der Waals surface area contributed by atoms with Gasteiger partial charge >= 0.3 is 94.6 Å². The van der Waals surface area contributed by atoms with E-state index in [1.165, 1.54) is 11.9 Å². The van der Waals surface area contributed by atoms with Crippen LogP contribution < -0.4 is 99.7 Å². The van der Waals surface area contributed by atoms with Gasteiger partial charge in [0.1, 0.15) is 0 Å². The van der Waals surface area contributed by atoms with Crippen LogP contribution in [0.1, 0.15) is 157 Å². The minimum atomic E-state index is -4.36. The Bertz CT molecular complexity index is 2430. The summed E-state index contributed by atoms with van der Waals surface area (Å²) in [6, 6.07) is 0. The van der Waals surface area contributed by atoms with Crippen LogP contribution in [0.25, 0.3) is 0 Å². The number of amides is 1. The number of carboxylic acid groups (broad SMARTS) is 1. The van der Waals surface area contributed by atoms with E-state index in [2.05, 4.69) is 69.5 Å². The molecule has 0 radical (unpaired) electrons. The Hall–Kier alpha value is 2.08. The van der Waals surface area contributed by atoms with E-state index in [-0.39, 0.29) is 214 Å². The molecule has 85 heavy (non-hydrogen) atoms. The van der Waals surface area contributed by atoms with Crippen molar-refractivity contribution in [1.29, 1.82) is 0 Å². The summed E-state index contributed by atoms with van der Waals surface area (Å²) in [6.45, 7) is 13.4. The van der Waals surface area contributed by atoms with Crippen molar-refractivity contribution in [3.63, 3.8) is 0 Å². The third-order valence-corrected chi connectivity index (χ3v) is 24.9. The fourth-order valence-electron chi connectivity index (χ4n) is 18.3. The largest absolute Gasteiger partial charge is 1.00 e. The molecule has 0 bridgehead atoms. The van der Waals surface area contributed by atoms with Crippen molar-refractivity contribution in [2.45, 2.75) is 194 Å². The van der Waals surface area contributed by atoms with Gasteiger partial charge in [-0.2, -0.15) is 0 Å². The number of nitrogens with one attached hydrogen (secondary N) is 1. The molecule has 8 aliphatic rings. The van der Waals surface area contributed by atoms with E-state index in [4.69, 9.17) is 10.8 Å². The van der Waals surface area contributed by atoms with Gasteiger partial charge in [-0.3, -0.25) is 9.59 Å². The first kappa shape index (κ1) is 85.1. The van der Waals surface area contributed by atoms with Crippen LogP contribution in [-0.4, -0.2) is 184 Å². The number of nitrogens with two attached hydrogens (primary N) is 1. The molecule has 0 aliphatic heterocycles. The molecule has 8 aliphatic carbocycles. The zero-order valence-corrected chi connectivity index (χ0v) is 63.7. The Morgan fingerprint density at radius 2 is 0.976 bits per heavy atom. The number of aliphatic hydroxyl groups excluding tert-OH is 6. The Kier molecular flexibility index (Phi) is 35.8. The summed E-state index contributed by atoms with van der Waals surface area (Å²) < 4.78 is 90.8. The molecule has 28 heteroatoms. The van der Waals surface area contributed by atoms with Crippen molar-refractivity contribution in [3.05, 3.63) is 0 Å². The maximum absolute atomic E-state index is 12.6. The predicted octanol–water partition coefficient (Wildman–Crippen LogP) is -4.88. The SMILES string of the molecule is C[C@H](CCC(=O)N([11CH3])CCS(=O)(=O)[O-])[C@H]1CCC2C3C(C[C@H](O)[C@@]21C)[C@@]1(C)CC[C@@H](O)CC1C[C@H]3O.C[C@H](CCC(=O)O)[C@H]1CCC2C3C(C[C@H](O)[C@@]21C)[C@@]1(C)CC[C@@H](O)CC1C[C@H]3O.NCCS(=O)(=O)[O-].[11CH3]I.[11CH3]NCCS(=O)(=O)[O-].[Na+].[Na+].[Na+]. The Morgan fingerprint density at radius 1 is 0.600 bits per heavy atom. The number of halogens is 1. The molecule has 21 nitrogen and oxygen atoms in total. The molecule has 0 aromatic rings. The van der Waals surface area contributed by atoms with Crippen molar-refractivity contribution < 1.29 is 173 Å². The van der Waals surface area contributed by atoms with E-state index in [1.807, 2.05) is 4.93 Å². The maximum Gasteiger partial charge on any atom is 1.00 e. The zero-order chi connectivity index (χ0) is 62.3.